The minimum Gasteiger partial charge on any atom is -0.313 e. The van der Waals surface area contributed by atoms with Gasteiger partial charge in [-0.3, -0.25) is 4.90 Å². The Morgan fingerprint density at radius 2 is 2.24 bits per heavy atom. The van der Waals surface area contributed by atoms with E-state index in [4.69, 9.17) is 0 Å². The molecule has 0 spiro atoms. The zero-order valence-corrected chi connectivity index (χ0v) is 11.2. The molecule has 1 N–H and O–H groups in total. The molecule has 2 heterocycles. The monoisotopic (exact) mass is 250 g/mol. The minimum atomic E-state index is 0.739. The van der Waals surface area contributed by atoms with Gasteiger partial charge in [0.1, 0.15) is 0 Å². The van der Waals surface area contributed by atoms with Gasteiger partial charge in [-0.15, -0.1) is 0 Å². The Morgan fingerprint density at radius 3 is 2.88 bits per heavy atom. The van der Waals surface area contributed by atoms with Gasteiger partial charge in [0.05, 0.1) is 0 Å². The Bertz CT molecular complexity index is 326. The predicted molar refractivity (Wildman–Crippen MR) is 73.4 cm³/mol. The average molecular weight is 250 g/mol. The van der Waals surface area contributed by atoms with Gasteiger partial charge in [-0.2, -0.15) is 11.3 Å². The highest BCUT2D eigenvalue weighted by atomic mass is 32.1. The molecule has 0 bridgehead atoms. The Labute approximate surface area is 108 Å². The maximum Gasteiger partial charge on any atom is 0.0245 e. The number of hydrogen-bond acceptors (Lipinski definition) is 3. The molecule has 1 aromatic heterocycles. The number of nitrogens with zero attached hydrogens (tertiary/aromatic N) is 1. The van der Waals surface area contributed by atoms with Crippen LogP contribution < -0.4 is 5.32 Å². The molecule has 1 aromatic rings. The van der Waals surface area contributed by atoms with E-state index in [1.165, 1.54) is 50.8 Å². The van der Waals surface area contributed by atoms with Crippen molar-refractivity contribution in [2.45, 2.75) is 50.7 Å². The molecule has 2 aliphatic rings. The van der Waals surface area contributed by atoms with E-state index in [2.05, 4.69) is 27.0 Å². The quantitative estimate of drug-likeness (QED) is 0.864. The van der Waals surface area contributed by atoms with Gasteiger partial charge in [0.25, 0.3) is 0 Å². The molecule has 1 saturated heterocycles. The first-order valence-electron chi connectivity index (χ1n) is 6.90. The van der Waals surface area contributed by atoms with E-state index >= 15 is 0 Å². The Kier molecular flexibility index (Phi) is 3.79. The van der Waals surface area contributed by atoms with E-state index in [-0.39, 0.29) is 0 Å². The topological polar surface area (TPSA) is 15.3 Å². The summed E-state index contributed by atoms with van der Waals surface area (Å²) in [5, 5.41) is 8.16. The second kappa shape index (κ2) is 5.51. The third-order valence-corrected chi connectivity index (χ3v) is 4.63. The van der Waals surface area contributed by atoms with Crippen molar-refractivity contribution in [2.24, 2.45) is 0 Å². The molecule has 0 radical (unpaired) electrons. The zero-order chi connectivity index (χ0) is 11.5. The van der Waals surface area contributed by atoms with Crippen LogP contribution in [0, 0.1) is 0 Å². The Morgan fingerprint density at radius 1 is 1.29 bits per heavy atom. The van der Waals surface area contributed by atoms with Gasteiger partial charge in [-0.25, -0.2) is 0 Å². The summed E-state index contributed by atoms with van der Waals surface area (Å²) in [6.45, 7) is 3.63. The minimum absolute atomic E-state index is 0.739. The fourth-order valence-corrected chi connectivity index (χ4v) is 3.42. The number of rotatable bonds is 5. The van der Waals surface area contributed by atoms with Crippen LogP contribution in [-0.4, -0.2) is 30.1 Å². The summed E-state index contributed by atoms with van der Waals surface area (Å²) in [6, 6.07) is 3.88. The summed E-state index contributed by atoms with van der Waals surface area (Å²) in [5.41, 5.74) is 1.50. The molecule has 3 rings (SSSR count). The van der Waals surface area contributed by atoms with Crippen LogP contribution in [0.1, 0.15) is 37.7 Å². The van der Waals surface area contributed by atoms with Crippen molar-refractivity contribution < 1.29 is 0 Å². The van der Waals surface area contributed by atoms with Crippen molar-refractivity contribution in [1.29, 1.82) is 0 Å². The van der Waals surface area contributed by atoms with E-state index in [0.29, 0.717) is 0 Å². The molecule has 1 saturated carbocycles. The first kappa shape index (κ1) is 11.7. The number of nitrogens with one attached hydrogen (secondary N) is 1. The fourth-order valence-electron chi connectivity index (χ4n) is 2.76. The number of hydrogen-bond donors (Lipinski definition) is 1. The summed E-state index contributed by atoms with van der Waals surface area (Å²) in [4.78, 5) is 2.70. The van der Waals surface area contributed by atoms with Gasteiger partial charge < -0.3 is 5.32 Å². The highest BCUT2D eigenvalue weighted by Crippen LogP contribution is 2.29. The lowest BCUT2D eigenvalue weighted by Crippen LogP contribution is -2.44. The van der Waals surface area contributed by atoms with E-state index < -0.39 is 0 Å². The maximum absolute atomic E-state index is 3.67. The average Bonchev–Trinajstić information content (AvgIpc) is 3.09. The second-order valence-corrected chi connectivity index (χ2v) is 6.22. The molecular formula is C14H22N2S. The lowest BCUT2D eigenvalue weighted by atomic mass is 10.0. The van der Waals surface area contributed by atoms with Crippen molar-refractivity contribution in [1.82, 2.24) is 10.2 Å². The largest absolute Gasteiger partial charge is 0.313 e. The van der Waals surface area contributed by atoms with Crippen molar-refractivity contribution in [2.75, 3.05) is 13.1 Å². The molecule has 2 fully saturated rings. The first-order valence-corrected chi connectivity index (χ1v) is 7.84. The normalized spacial score (nSPS) is 25.4. The molecule has 1 aliphatic carbocycles. The van der Waals surface area contributed by atoms with Gasteiger partial charge in [0, 0.05) is 25.2 Å². The molecule has 0 aromatic carbocycles. The van der Waals surface area contributed by atoms with E-state index in [0.717, 1.165) is 18.6 Å². The maximum atomic E-state index is 3.67. The van der Waals surface area contributed by atoms with Crippen LogP contribution in [0.4, 0.5) is 0 Å². The number of thiophene rings is 1. The summed E-state index contributed by atoms with van der Waals surface area (Å²) < 4.78 is 0. The second-order valence-electron chi connectivity index (χ2n) is 5.44. The molecule has 0 amide bonds. The van der Waals surface area contributed by atoms with Crippen LogP contribution in [0.5, 0.6) is 0 Å². The van der Waals surface area contributed by atoms with Crippen molar-refractivity contribution in [3.63, 3.8) is 0 Å². The lowest BCUT2D eigenvalue weighted by molar-refractivity contribution is 0.208. The standard InChI is InChI=1S/C14H22N2S/c1-2-7-15-13(3-1)10-16(14-4-5-14)9-12-6-8-17-11-12/h6,8,11,13-15H,1-5,7,9-10H2. The smallest absolute Gasteiger partial charge is 0.0245 e. The van der Waals surface area contributed by atoms with E-state index in [1.807, 2.05) is 11.3 Å². The highest BCUT2D eigenvalue weighted by Gasteiger charge is 2.30. The zero-order valence-electron chi connectivity index (χ0n) is 10.4. The van der Waals surface area contributed by atoms with Gasteiger partial charge in [-0.05, 0) is 54.6 Å². The molecule has 2 nitrogen and oxygen atoms in total. The SMILES string of the molecule is c1cc(CN(CC2CCCCN2)C2CC2)cs1. The fraction of sp³-hybridized carbons (Fsp3) is 0.714. The van der Waals surface area contributed by atoms with Crippen LogP contribution >= 0.6 is 11.3 Å². The molecular weight excluding hydrogens is 228 g/mol. The lowest BCUT2D eigenvalue weighted by Gasteiger charge is -2.30. The van der Waals surface area contributed by atoms with Crippen molar-refractivity contribution in [3.05, 3.63) is 22.4 Å². The van der Waals surface area contributed by atoms with Gasteiger partial charge in [0.2, 0.25) is 0 Å². The summed E-state index contributed by atoms with van der Waals surface area (Å²) in [5.74, 6) is 0. The molecule has 3 heteroatoms. The van der Waals surface area contributed by atoms with E-state index in [9.17, 15) is 0 Å². The van der Waals surface area contributed by atoms with Crippen LogP contribution in [0.3, 0.4) is 0 Å². The van der Waals surface area contributed by atoms with Crippen molar-refractivity contribution in [3.8, 4) is 0 Å². The first-order chi connectivity index (χ1) is 8.42. The molecule has 1 atom stereocenters. The molecule has 94 valence electrons. The molecule has 17 heavy (non-hydrogen) atoms. The Balaban J connectivity index is 1.56. The number of piperidine rings is 1. The van der Waals surface area contributed by atoms with Crippen LogP contribution in [-0.2, 0) is 6.54 Å². The predicted octanol–water partition coefficient (Wildman–Crippen LogP) is 2.85. The summed E-state index contributed by atoms with van der Waals surface area (Å²) in [7, 11) is 0. The third-order valence-electron chi connectivity index (χ3n) is 3.90. The third kappa shape index (κ3) is 3.30. The summed E-state index contributed by atoms with van der Waals surface area (Å²) >= 11 is 1.82. The van der Waals surface area contributed by atoms with Crippen LogP contribution in [0.2, 0.25) is 0 Å². The highest BCUT2D eigenvalue weighted by molar-refractivity contribution is 7.07. The van der Waals surface area contributed by atoms with E-state index in [1.54, 1.807) is 0 Å². The van der Waals surface area contributed by atoms with Crippen molar-refractivity contribution >= 4 is 11.3 Å². The van der Waals surface area contributed by atoms with Gasteiger partial charge in [-0.1, -0.05) is 6.42 Å². The van der Waals surface area contributed by atoms with Crippen LogP contribution in [0.15, 0.2) is 16.8 Å². The molecule has 1 aliphatic heterocycles. The van der Waals surface area contributed by atoms with Gasteiger partial charge in [0.15, 0.2) is 0 Å². The van der Waals surface area contributed by atoms with Crippen LogP contribution in [0.25, 0.3) is 0 Å². The van der Waals surface area contributed by atoms with Gasteiger partial charge >= 0.3 is 0 Å². The summed E-state index contributed by atoms with van der Waals surface area (Å²) in [6.07, 6.45) is 6.97. The Hall–Kier alpha value is -0.380. The molecule has 1 unspecified atom stereocenters.